The van der Waals surface area contributed by atoms with Gasteiger partial charge in [0.15, 0.2) is 0 Å². The number of aromatic nitrogens is 1. The lowest BCUT2D eigenvalue weighted by Gasteiger charge is -2.14. The van der Waals surface area contributed by atoms with Gasteiger partial charge in [-0.25, -0.2) is 4.90 Å². The molecule has 0 radical (unpaired) electrons. The highest BCUT2D eigenvalue weighted by atomic mass is 35.5. The van der Waals surface area contributed by atoms with Crippen molar-refractivity contribution in [2.45, 2.75) is 0 Å². The zero-order valence-electron chi connectivity index (χ0n) is 11.0. The van der Waals surface area contributed by atoms with E-state index in [0.29, 0.717) is 24.8 Å². The Labute approximate surface area is 130 Å². The molecule has 0 saturated heterocycles. The van der Waals surface area contributed by atoms with Gasteiger partial charge >= 0.3 is 6.03 Å². The van der Waals surface area contributed by atoms with Crippen LogP contribution in [-0.4, -0.2) is 49.9 Å². The number of hydrogen-bond acceptors (Lipinski definition) is 2. The zero-order chi connectivity index (χ0) is 13.5. The molecule has 1 aromatic rings. The summed E-state index contributed by atoms with van der Waals surface area (Å²) in [5.74, 6) is 0.804. The molecule has 0 aliphatic heterocycles. The van der Waals surface area contributed by atoms with E-state index in [-0.39, 0.29) is 18.4 Å². The van der Waals surface area contributed by atoms with E-state index >= 15 is 0 Å². The number of hydrogen-bond donors (Lipinski definition) is 0. The first-order chi connectivity index (χ1) is 8.60. The molecule has 0 atom stereocenters. The summed E-state index contributed by atoms with van der Waals surface area (Å²) in [6, 6.07) is 3.66. The number of carbonyl (C=O) groups is 1. The molecule has 0 aliphatic carbocycles. The van der Waals surface area contributed by atoms with Crippen LogP contribution in [0.25, 0.3) is 0 Å². The fourth-order valence-electron chi connectivity index (χ4n) is 1.51. The van der Waals surface area contributed by atoms with E-state index in [0.717, 1.165) is 5.69 Å². The average molecular weight is 327 g/mol. The topological polar surface area (TPSA) is 27.4 Å². The first-order valence-corrected chi connectivity index (χ1v) is 6.77. The molecule has 0 saturated carbocycles. The normalized spacial score (nSPS) is 9.68. The molecule has 1 aromatic heterocycles. The van der Waals surface area contributed by atoms with Crippen molar-refractivity contribution in [3.05, 3.63) is 24.5 Å². The molecule has 108 valence electrons. The quantitative estimate of drug-likeness (QED) is 0.502. The van der Waals surface area contributed by atoms with Crippen LogP contribution in [0.4, 0.5) is 10.5 Å². The Morgan fingerprint density at radius 1 is 1.16 bits per heavy atom. The lowest BCUT2D eigenvalue weighted by atomic mass is 10.4. The van der Waals surface area contributed by atoms with E-state index in [9.17, 15) is 4.79 Å². The number of rotatable bonds is 5. The third-order valence-electron chi connectivity index (χ3n) is 2.53. The fourth-order valence-corrected chi connectivity index (χ4v) is 1.92. The van der Waals surface area contributed by atoms with Crippen molar-refractivity contribution in [2.75, 3.05) is 43.8 Å². The molecule has 0 spiro atoms. The molecule has 7 heteroatoms. The van der Waals surface area contributed by atoms with Crippen LogP contribution in [0.3, 0.4) is 0 Å². The number of amides is 1. The molecule has 4 nitrogen and oxygen atoms in total. The molecule has 1 heterocycles. The Morgan fingerprint density at radius 3 is 2.00 bits per heavy atom. The van der Waals surface area contributed by atoms with Gasteiger partial charge in [0.25, 0.3) is 0 Å². The van der Waals surface area contributed by atoms with Gasteiger partial charge < -0.3 is 17.3 Å². The minimum absolute atomic E-state index is 0. The predicted molar refractivity (Wildman–Crippen MR) is 74.8 cm³/mol. The van der Waals surface area contributed by atoms with Gasteiger partial charge in [0.2, 0.25) is 0 Å². The number of pyridine rings is 1. The number of nitrogens with zero attached hydrogens (tertiary/aromatic N) is 3. The summed E-state index contributed by atoms with van der Waals surface area (Å²) in [6.45, 7) is 0.991. The molecule has 0 unspecified atom stereocenters. The maximum absolute atomic E-state index is 12.2. The van der Waals surface area contributed by atoms with Crippen LogP contribution in [0.1, 0.15) is 0 Å². The molecule has 0 N–H and O–H groups in total. The molecule has 19 heavy (non-hydrogen) atoms. The van der Waals surface area contributed by atoms with Crippen LogP contribution in [-0.2, 0) is 0 Å². The van der Waals surface area contributed by atoms with Gasteiger partial charge in [-0.2, -0.15) is 9.36 Å². The smallest absolute Gasteiger partial charge is 0.497 e. The Kier molecular flexibility index (Phi) is 8.89. The van der Waals surface area contributed by atoms with Gasteiger partial charge in [-0.15, -0.1) is 23.2 Å². The van der Waals surface area contributed by atoms with Crippen molar-refractivity contribution in [3.8, 4) is 0 Å². The Bertz CT molecular complexity index is 378. The summed E-state index contributed by atoms with van der Waals surface area (Å²) in [5.41, 5.74) is 1.04. The maximum atomic E-state index is 12.2. The van der Waals surface area contributed by atoms with Gasteiger partial charge in [-0.3, -0.25) is 0 Å². The molecule has 1 rings (SSSR count). The number of carbonyl (C=O) groups excluding carboxylic acids is 1. The SMILES string of the molecule is CN(C)c1cc[n+](C(=O)N(CCCl)CCCl)cc1.[Cl-]. The van der Waals surface area contributed by atoms with Gasteiger partial charge in [0.1, 0.15) is 25.5 Å². The van der Waals surface area contributed by atoms with Crippen molar-refractivity contribution in [1.82, 2.24) is 4.90 Å². The largest absolute Gasteiger partial charge is 1.00 e. The van der Waals surface area contributed by atoms with Crippen LogP contribution in [0.5, 0.6) is 0 Å². The van der Waals surface area contributed by atoms with Gasteiger partial charge in [-0.05, 0) is 0 Å². The van der Waals surface area contributed by atoms with Crippen LogP contribution >= 0.6 is 23.2 Å². The summed E-state index contributed by atoms with van der Waals surface area (Å²) in [7, 11) is 3.91. The number of anilines is 1. The Hall–Kier alpha value is -0.710. The monoisotopic (exact) mass is 325 g/mol. The molecule has 0 aliphatic rings. The second kappa shape index (κ2) is 9.23. The lowest BCUT2D eigenvalue weighted by molar-refractivity contribution is -0.578. The van der Waals surface area contributed by atoms with Gasteiger partial charge in [-0.1, -0.05) is 0 Å². The van der Waals surface area contributed by atoms with Crippen molar-refractivity contribution < 1.29 is 21.8 Å². The predicted octanol–water partition coefficient (Wildman–Crippen LogP) is -1.21. The first kappa shape index (κ1) is 18.3. The van der Waals surface area contributed by atoms with Crippen LogP contribution < -0.4 is 21.9 Å². The van der Waals surface area contributed by atoms with Crippen molar-refractivity contribution >= 4 is 34.9 Å². The van der Waals surface area contributed by atoms with Crippen LogP contribution in [0, 0.1) is 0 Å². The minimum Gasteiger partial charge on any atom is -1.00 e. The maximum Gasteiger partial charge on any atom is 0.497 e. The molecule has 0 bridgehead atoms. The molecule has 1 amide bonds. The van der Waals surface area contributed by atoms with E-state index in [1.165, 1.54) is 4.57 Å². The third kappa shape index (κ3) is 5.43. The van der Waals surface area contributed by atoms with E-state index in [2.05, 4.69) is 0 Å². The van der Waals surface area contributed by atoms with Crippen molar-refractivity contribution in [1.29, 1.82) is 0 Å². The fraction of sp³-hybridized carbons (Fsp3) is 0.500. The minimum atomic E-state index is -0.110. The summed E-state index contributed by atoms with van der Waals surface area (Å²) in [6.07, 6.45) is 3.49. The summed E-state index contributed by atoms with van der Waals surface area (Å²) in [5, 5.41) is 0. The summed E-state index contributed by atoms with van der Waals surface area (Å²) >= 11 is 11.4. The standard InChI is InChI=1S/C12H18Cl2N3O.ClH/c1-15(2)11-3-7-16(8-4-11)12(18)17(9-5-13)10-6-14;/h3-4,7-8H,5-6,9-10H2,1-2H3;1H/q+1;/p-1. The van der Waals surface area contributed by atoms with E-state index in [4.69, 9.17) is 23.2 Å². The molecule has 0 aromatic carbocycles. The Morgan fingerprint density at radius 2 is 1.63 bits per heavy atom. The first-order valence-electron chi connectivity index (χ1n) is 5.70. The highest BCUT2D eigenvalue weighted by Gasteiger charge is 2.23. The highest BCUT2D eigenvalue weighted by molar-refractivity contribution is 6.18. The van der Waals surface area contributed by atoms with E-state index < -0.39 is 0 Å². The average Bonchev–Trinajstić information content (AvgIpc) is 2.38. The number of alkyl halides is 2. The second-order valence-electron chi connectivity index (χ2n) is 4.01. The summed E-state index contributed by atoms with van der Waals surface area (Å²) in [4.78, 5) is 15.8. The lowest BCUT2D eigenvalue weighted by Crippen LogP contribution is -3.00. The van der Waals surface area contributed by atoms with Crippen LogP contribution in [0.2, 0.25) is 0 Å². The third-order valence-corrected chi connectivity index (χ3v) is 2.87. The van der Waals surface area contributed by atoms with E-state index in [1.54, 1.807) is 17.3 Å². The summed E-state index contributed by atoms with van der Waals surface area (Å²) < 4.78 is 1.53. The molecule has 0 fully saturated rings. The molecular formula is C12H18Cl3N3O. The van der Waals surface area contributed by atoms with Gasteiger partial charge in [0, 0.05) is 31.9 Å². The zero-order valence-corrected chi connectivity index (χ0v) is 13.3. The van der Waals surface area contributed by atoms with Gasteiger partial charge in [0.05, 0.1) is 11.8 Å². The van der Waals surface area contributed by atoms with E-state index in [1.807, 2.05) is 31.1 Å². The van der Waals surface area contributed by atoms with Crippen molar-refractivity contribution in [3.63, 3.8) is 0 Å². The highest BCUT2D eigenvalue weighted by Crippen LogP contribution is 2.06. The molecular weight excluding hydrogens is 309 g/mol. The second-order valence-corrected chi connectivity index (χ2v) is 4.76. The van der Waals surface area contributed by atoms with Crippen molar-refractivity contribution in [2.24, 2.45) is 0 Å². The number of halogens is 3. The Balaban J connectivity index is 0.00000324. The van der Waals surface area contributed by atoms with Crippen LogP contribution in [0.15, 0.2) is 24.5 Å².